The van der Waals surface area contributed by atoms with Crippen LogP contribution < -0.4 is 0 Å². The standard InChI is InChI=1S/C8H8F3NO5S/c9-8(10,11)18(15,16)12-2-1-4-5(3-12)7(14)17-6(4)13/h4-5H,1-3H2. The van der Waals surface area contributed by atoms with Gasteiger partial charge in [-0.2, -0.15) is 17.5 Å². The number of rotatable bonds is 1. The zero-order chi connectivity index (χ0) is 13.7. The Bertz CT molecular complexity index is 499. The largest absolute Gasteiger partial charge is 0.511 e. The molecule has 6 nitrogen and oxygen atoms in total. The van der Waals surface area contributed by atoms with Gasteiger partial charge in [0, 0.05) is 13.1 Å². The van der Waals surface area contributed by atoms with E-state index in [1.807, 2.05) is 0 Å². The van der Waals surface area contributed by atoms with Gasteiger partial charge in [0.2, 0.25) is 0 Å². The number of hydrogen-bond acceptors (Lipinski definition) is 5. The van der Waals surface area contributed by atoms with E-state index >= 15 is 0 Å². The van der Waals surface area contributed by atoms with E-state index in [9.17, 15) is 31.2 Å². The molecule has 0 aliphatic carbocycles. The summed E-state index contributed by atoms with van der Waals surface area (Å²) in [5.41, 5.74) is -5.41. The van der Waals surface area contributed by atoms with Crippen LogP contribution in [0.15, 0.2) is 0 Å². The second kappa shape index (κ2) is 3.92. The van der Waals surface area contributed by atoms with Crippen molar-refractivity contribution >= 4 is 22.0 Å². The molecule has 2 rings (SSSR count). The van der Waals surface area contributed by atoms with Crippen molar-refractivity contribution in [1.29, 1.82) is 0 Å². The summed E-state index contributed by atoms with van der Waals surface area (Å²) in [7, 11) is -5.46. The summed E-state index contributed by atoms with van der Waals surface area (Å²) < 4.78 is 63.7. The van der Waals surface area contributed by atoms with Crippen LogP contribution in [-0.4, -0.2) is 43.3 Å². The molecule has 0 radical (unpaired) electrons. The molecule has 2 aliphatic rings. The molecule has 2 unspecified atom stereocenters. The molecular formula is C8H8F3NO5S. The minimum Gasteiger partial charge on any atom is -0.393 e. The maximum atomic E-state index is 12.3. The molecule has 0 spiro atoms. The van der Waals surface area contributed by atoms with E-state index in [4.69, 9.17) is 0 Å². The average Bonchev–Trinajstić information content (AvgIpc) is 2.53. The Kier molecular flexibility index (Phi) is 2.89. The molecule has 0 N–H and O–H groups in total. The zero-order valence-corrected chi connectivity index (χ0v) is 9.62. The maximum Gasteiger partial charge on any atom is 0.511 e. The van der Waals surface area contributed by atoms with Crippen LogP contribution in [0.5, 0.6) is 0 Å². The van der Waals surface area contributed by atoms with Crippen LogP contribution in [0.3, 0.4) is 0 Å². The van der Waals surface area contributed by atoms with Crippen LogP contribution in [0.1, 0.15) is 6.42 Å². The molecule has 2 atom stereocenters. The molecule has 10 heteroatoms. The number of esters is 2. The number of piperidine rings is 1. The van der Waals surface area contributed by atoms with Crippen LogP contribution in [0, 0.1) is 11.8 Å². The number of hydrogen-bond donors (Lipinski definition) is 0. The topological polar surface area (TPSA) is 80.8 Å². The number of carbonyl (C=O) groups excluding carboxylic acids is 2. The van der Waals surface area contributed by atoms with Gasteiger partial charge in [0.15, 0.2) is 0 Å². The molecule has 0 aromatic heterocycles. The monoisotopic (exact) mass is 287 g/mol. The number of cyclic esters (lactones) is 2. The third-order valence-corrected chi connectivity index (χ3v) is 4.61. The highest BCUT2D eigenvalue weighted by atomic mass is 32.2. The number of fused-ring (bicyclic) bond motifs is 1. The van der Waals surface area contributed by atoms with Crippen molar-refractivity contribution in [2.75, 3.05) is 13.1 Å². The lowest BCUT2D eigenvalue weighted by Gasteiger charge is -2.30. The lowest BCUT2D eigenvalue weighted by atomic mass is 9.89. The predicted octanol–water partition coefficient (Wildman–Crippen LogP) is -0.143. The molecule has 0 amide bonds. The van der Waals surface area contributed by atoms with Gasteiger partial charge in [-0.15, -0.1) is 0 Å². The Morgan fingerprint density at radius 2 is 1.72 bits per heavy atom. The molecule has 102 valence electrons. The third-order valence-electron chi connectivity index (χ3n) is 3.01. The highest BCUT2D eigenvalue weighted by Crippen LogP contribution is 2.36. The van der Waals surface area contributed by atoms with Crippen molar-refractivity contribution in [3.8, 4) is 0 Å². The van der Waals surface area contributed by atoms with Crippen molar-refractivity contribution in [3.05, 3.63) is 0 Å². The minimum absolute atomic E-state index is 0.148. The lowest BCUT2D eigenvalue weighted by molar-refractivity contribution is -0.153. The summed E-state index contributed by atoms with van der Waals surface area (Å²) >= 11 is 0. The molecule has 0 saturated carbocycles. The zero-order valence-electron chi connectivity index (χ0n) is 8.81. The molecule has 2 heterocycles. The second-order valence-electron chi connectivity index (χ2n) is 4.05. The first-order valence-corrected chi connectivity index (χ1v) is 6.40. The predicted molar refractivity (Wildman–Crippen MR) is 49.2 cm³/mol. The molecule has 2 saturated heterocycles. The number of sulfonamides is 1. The minimum atomic E-state index is -5.46. The van der Waals surface area contributed by atoms with Gasteiger partial charge in [-0.05, 0) is 6.42 Å². The first kappa shape index (κ1) is 13.3. The van der Waals surface area contributed by atoms with Crippen molar-refractivity contribution < 1.29 is 35.9 Å². The van der Waals surface area contributed by atoms with Crippen molar-refractivity contribution in [2.24, 2.45) is 11.8 Å². The smallest absolute Gasteiger partial charge is 0.393 e. The summed E-state index contributed by atoms with van der Waals surface area (Å²) in [6.45, 7) is -1.12. The molecular weight excluding hydrogens is 279 g/mol. The Labute approximate surface area is 99.7 Å². The fourth-order valence-corrected chi connectivity index (χ4v) is 3.05. The van der Waals surface area contributed by atoms with E-state index in [2.05, 4.69) is 4.74 Å². The van der Waals surface area contributed by atoms with Crippen molar-refractivity contribution in [3.63, 3.8) is 0 Å². The summed E-state index contributed by atoms with van der Waals surface area (Å²) in [6.07, 6.45) is -0.148. The fraction of sp³-hybridized carbons (Fsp3) is 0.750. The normalized spacial score (nSPS) is 30.2. The van der Waals surface area contributed by atoms with Crippen LogP contribution in [0.4, 0.5) is 13.2 Å². The second-order valence-corrected chi connectivity index (χ2v) is 5.98. The van der Waals surface area contributed by atoms with Gasteiger partial charge < -0.3 is 4.74 Å². The van der Waals surface area contributed by atoms with Crippen molar-refractivity contribution in [2.45, 2.75) is 11.9 Å². The summed E-state index contributed by atoms with van der Waals surface area (Å²) in [5, 5.41) is 0. The Hall–Kier alpha value is -1.16. The first-order valence-electron chi connectivity index (χ1n) is 4.96. The highest BCUT2D eigenvalue weighted by molar-refractivity contribution is 7.90. The number of ether oxygens (including phenoxy) is 1. The summed E-state index contributed by atoms with van der Waals surface area (Å²) in [6, 6.07) is 0. The molecule has 18 heavy (non-hydrogen) atoms. The van der Waals surface area contributed by atoms with Gasteiger partial charge in [-0.3, -0.25) is 9.59 Å². The quantitative estimate of drug-likeness (QED) is 0.495. The Balaban J connectivity index is 2.22. The Morgan fingerprint density at radius 1 is 1.17 bits per heavy atom. The molecule has 0 aromatic rings. The fourth-order valence-electron chi connectivity index (χ4n) is 2.06. The van der Waals surface area contributed by atoms with Gasteiger partial charge in [0.25, 0.3) is 0 Å². The van der Waals surface area contributed by atoms with Gasteiger partial charge >= 0.3 is 27.5 Å². The van der Waals surface area contributed by atoms with E-state index in [0.717, 1.165) is 0 Å². The van der Waals surface area contributed by atoms with E-state index < -0.39 is 52.4 Å². The average molecular weight is 287 g/mol. The highest BCUT2D eigenvalue weighted by Gasteiger charge is 2.55. The van der Waals surface area contributed by atoms with E-state index in [1.165, 1.54) is 0 Å². The Morgan fingerprint density at radius 3 is 2.28 bits per heavy atom. The first-order chi connectivity index (χ1) is 8.14. The maximum absolute atomic E-state index is 12.3. The molecule has 2 fully saturated rings. The van der Waals surface area contributed by atoms with Crippen LogP contribution >= 0.6 is 0 Å². The van der Waals surface area contributed by atoms with E-state index in [-0.39, 0.29) is 10.7 Å². The van der Waals surface area contributed by atoms with Gasteiger partial charge in [-0.1, -0.05) is 0 Å². The van der Waals surface area contributed by atoms with E-state index in [1.54, 1.807) is 0 Å². The number of carbonyl (C=O) groups is 2. The molecule has 0 aromatic carbocycles. The number of alkyl halides is 3. The van der Waals surface area contributed by atoms with E-state index in [0.29, 0.717) is 0 Å². The summed E-state index contributed by atoms with van der Waals surface area (Å²) in [5.74, 6) is -3.73. The van der Waals surface area contributed by atoms with Gasteiger partial charge in [0.05, 0.1) is 11.8 Å². The van der Waals surface area contributed by atoms with Crippen LogP contribution in [-0.2, 0) is 24.3 Å². The van der Waals surface area contributed by atoms with Crippen LogP contribution in [0.2, 0.25) is 0 Å². The molecule has 0 bridgehead atoms. The lowest BCUT2D eigenvalue weighted by Crippen LogP contribution is -2.49. The number of halogens is 3. The van der Waals surface area contributed by atoms with Gasteiger partial charge in [0.1, 0.15) is 0 Å². The summed E-state index contributed by atoms with van der Waals surface area (Å²) in [4.78, 5) is 22.3. The molecule has 2 aliphatic heterocycles. The SMILES string of the molecule is O=C1OC(=O)C2CN(S(=O)(=O)C(F)(F)F)CCC12. The number of nitrogens with zero attached hydrogens (tertiary/aromatic N) is 1. The van der Waals surface area contributed by atoms with Crippen molar-refractivity contribution in [1.82, 2.24) is 4.31 Å². The third kappa shape index (κ3) is 1.88. The van der Waals surface area contributed by atoms with Crippen LogP contribution in [0.25, 0.3) is 0 Å². The van der Waals surface area contributed by atoms with Gasteiger partial charge in [-0.25, -0.2) is 8.42 Å².